The molecule has 90 valence electrons. The first-order valence-electron chi connectivity index (χ1n) is 6.37. The summed E-state index contributed by atoms with van der Waals surface area (Å²) in [5.74, 6) is 0. The van der Waals surface area contributed by atoms with Crippen LogP contribution in [-0.4, -0.2) is 62.2 Å². The Kier molecular flexibility index (Phi) is 6.22. The van der Waals surface area contributed by atoms with Crippen molar-refractivity contribution in [2.24, 2.45) is 0 Å². The molecule has 1 rings (SSSR count). The van der Waals surface area contributed by atoms with Crippen molar-refractivity contribution < 1.29 is 0 Å². The van der Waals surface area contributed by atoms with Gasteiger partial charge in [-0.1, -0.05) is 6.92 Å². The first-order valence-corrected chi connectivity index (χ1v) is 6.37. The number of nitrogens with zero attached hydrogens (tertiary/aromatic N) is 2. The number of nitrogens with one attached hydrogen (secondary N) is 1. The van der Waals surface area contributed by atoms with Crippen molar-refractivity contribution >= 4 is 0 Å². The van der Waals surface area contributed by atoms with Crippen molar-refractivity contribution in [2.75, 3.05) is 46.3 Å². The molecule has 3 nitrogen and oxygen atoms in total. The molecule has 0 radical (unpaired) electrons. The molecule has 0 aromatic carbocycles. The lowest BCUT2D eigenvalue weighted by Gasteiger charge is -2.38. The molecule has 1 heterocycles. The number of rotatable bonds is 6. The van der Waals surface area contributed by atoms with E-state index >= 15 is 0 Å². The van der Waals surface area contributed by atoms with E-state index in [0.717, 1.165) is 12.6 Å². The van der Waals surface area contributed by atoms with Crippen LogP contribution >= 0.6 is 0 Å². The fourth-order valence-electron chi connectivity index (χ4n) is 2.25. The zero-order chi connectivity index (χ0) is 11.1. The minimum Gasteiger partial charge on any atom is -0.317 e. The Morgan fingerprint density at radius 3 is 2.73 bits per heavy atom. The van der Waals surface area contributed by atoms with Gasteiger partial charge in [0.2, 0.25) is 0 Å². The molecule has 0 aliphatic carbocycles. The molecule has 0 spiro atoms. The van der Waals surface area contributed by atoms with Crippen LogP contribution in [0.4, 0.5) is 0 Å². The summed E-state index contributed by atoms with van der Waals surface area (Å²) < 4.78 is 0. The molecule has 0 aromatic rings. The standard InChI is InChI=1S/C12H27N3/c1-4-13-7-5-6-8-15-10-9-14(3)11-12(15)2/h12-13H,4-11H2,1-3H3. The highest BCUT2D eigenvalue weighted by Gasteiger charge is 2.20. The van der Waals surface area contributed by atoms with Crippen molar-refractivity contribution in [3.05, 3.63) is 0 Å². The quantitative estimate of drug-likeness (QED) is 0.664. The van der Waals surface area contributed by atoms with E-state index in [0.29, 0.717) is 0 Å². The summed E-state index contributed by atoms with van der Waals surface area (Å²) in [6.07, 6.45) is 2.65. The average Bonchev–Trinajstić information content (AvgIpc) is 2.20. The summed E-state index contributed by atoms with van der Waals surface area (Å²) >= 11 is 0. The third kappa shape index (κ3) is 4.96. The van der Waals surface area contributed by atoms with Crippen LogP contribution in [0.15, 0.2) is 0 Å². The van der Waals surface area contributed by atoms with Gasteiger partial charge in [-0.25, -0.2) is 0 Å². The molecule has 1 unspecified atom stereocenters. The van der Waals surface area contributed by atoms with Gasteiger partial charge in [0.1, 0.15) is 0 Å². The van der Waals surface area contributed by atoms with Gasteiger partial charge in [0.05, 0.1) is 0 Å². The zero-order valence-corrected chi connectivity index (χ0v) is 10.6. The maximum Gasteiger partial charge on any atom is 0.0195 e. The Hall–Kier alpha value is -0.120. The summed E-state index contributed by atoms with van der Waals surface area (Å²) in [6.45, 7) is 11.8. The molecular formula is C12H27N3. The highest BCUT2D eigenvalue weighted by molar-refractivity contribution is 4.76. The van der Waals surface area contributed by atoms with Crippen LogP contribution in [-0.2, 0) is 0 Å². The van der Waals surface area contributed by atoms with Crippen LogP contribution < -0.4 is 5.32 Å². The highest BCUT2D eigenvalue weighted by Crippen LogP contribution is 2.08. The van der Waals surface area contributed by atoms with Gasteiger partial charge in [-0.2, -0.15) is 0 Å². The van der Waals surface area contributed by atoms with Crippen molar-refractivity contribution in [3.63, 3.8) is 0 Å². The van der Waals surface area contributed by atoms with Crippen molar-refractivity contribution in [2.45, 2.75) is 32.7 Å². The lowest BCUT2D eigenvalue weighted by Crippen LogP contribution is -2.50. The van der Waals surface area contributed by atoms with Gasteiger partial charge in [0, 0.05) is 25.7 Å². The SMILES string of the molecule is CCNCCCCN1CCN(C)CC1C. The van der Waals surface area contributed by atoms with E-state index in [-0.39, 0.29) is 0 Å². The topological polar surface area (TPSA) is 18.5 Å². The van der Waals surface area contributed by atoms with Gasteiger partial charge in [-0.05, 0) is 46.4 Å². The molecule has 15 heavy (non-hydrogen) atoms. The summed E-state index contributed by atoms with van der Waals surface area (Å²) in [7, 11) is 2.22. The second-order valence-electron chi connectivity index (χ2n) is 4.71. The van der Waals surface area contributed by atoms with Gasteiger partial charge in [-0.15, -0.1) is 0 Å². The zero-order valence-electron chi connectivity index (χ0n) is 10.6. The third-order valence-corrected chi connectivity index (χ3v) is 3.27. The van der Waals surface area contributed by atoms with E-state index in [1.165, 1.54) is 45.6 Å². The Morgan fingerprint density at radius 1 is 1.27 bits per heavy atom. The summed E-state index contributed by atoms with van der Waals surface area (Å²) in [4.78, 5) is 5.06. The van der Waals surface area contributed by atoms with Crippen LogP contribution in [0.3, 0.4) is 0 Å². The molecular weight excluding hydrogens is 186 g/mol. The molecule has 0 aromatic heterocycles. The van der Waals surface area contributed by atoms with Crippen molar-refractivity contribution in [1.82, 2.24) is 15.1 Å². The number of hydrogen-bond donors (Lipinski definition) is 1. The third-order valence-electron chi connectivity index (χ3n) is 3.27. The molecule has 1 saturated heterocycles. The minimum absolute atomic E-state index is 0.739. The fourth-order valence-corrected chi connectivity index (χ4v) is 2.25. The minimum atomic E-state index is 0.739. The lowest BCUT2D eigenvalue weighted by molar-refractivity contribution is 0.0986. The van der Waals surface area contributed by atoms with E-state index in [1.54, 1.807) is 0 Å². The summed E-state index contributed by atoms with van der Waals surface area (Å²) in [5.41, 5.74) is 0. The van der Waals surface area contributed by atoms with E-state index in [2.05, 4.69) is 36.0 Å². The smallest absolute Gasteiger partial charge is 0.0195 e. The largest absolute Gasteiger partial charge is 0.317 e. The normalized spacial score (nSPS) is 24.6. The second-order valence-corrected chi connectivity index (χ2v) is 4.71. The molecule has 0 amide bonds. The van der Waals surface area contributed by atoms with E-state index in [9.17, 15) is 0 Å². The van der Waals surface area contributed by atoms with Gasteiger partial charge in [0.25, 0.3) is 0 Å². The predicted octanol–water partition coefficient (Wildman–Crippen LogP) is 1.01. The Balaban J connectivity index is 2.05. The van der Waals surface area contributed by atoms with E-state index in [1.807, 2.05) is 0 Å². The Morgan fingerprint density at radius 2 is 2.07 bits per heavy atom. The van der Waals surface area contributed by atoms with E-state index in [4.69, 9.17) is 0 Å². The number of likely N-dealkylation sites (N-methyl/N-ethyl adjacent to an activating group) is 1. The van der Waals surface area contributed by atoms with Crippen LogP contribution in [0.25, 0.3) is 0 Å². The highest BCUT2D eigenvalue weighted by atomic mass is 15.3. The summed E-state index contributed by atoms with van der Waals surface area (Å²) in [5, 5.41) is 3.38. The monoisotopic (exact) mass is 213 g/mol. The number of unbranched alkanes of at least 4 members (excludes halogenated alkanes) is 1. The molecule has 3 heteroatoms. The lowest BCUT2D eigenvalue weighted by atomic mass is 10.2. The Bertz CT molecular complexity index is 161. The maximum absolute atomic E-state index is 3.38. The van der Waals surface area contributed by atoms with Gasteiger partial charge in [0.15, 0.2) is 0 Å². The second kappa shape index (κ2) is 7.20. The van der Waals surface area contributed by atoms with Crippen LogP contribution in [0, 0.1) is 0 Å². The van der Waals surface area contributed by atoms with Crippen LogP contribution in [0.1, 0.15) is 26.7 Å². The fraction of sp³-hybridized carbons (Fsp3) is 1.00. The molecule has 1 N–H and O–H groups in total. The molecule has 1 atom stereocenters. The molecule has 1 fully saturated rings. The first kappa shape index (κ1) is 12.9. The molecule has 0 bridgehead atoms. The summed E-state index contributed by atoms with van der Waals surface area (Å²) in [6, 6.07) is 0.739. The van der Waals surface area contributed by atoms with E-state index < -0.39 is 0 Å². The van der Waals surface area contributed by atoms with Crippen LogP contribution in [0.2, 0.25) is 0 Å². The Labute approximate surface area is 94.8 Å². The van der Waals surface area contributed by atoms with Gasteiger partial charge in [-0.3, -0.25) is 4.90 Å². The van der Waals surface area contributed by atoms with Crippen molar-refractivity contribution in [1.29, 1.82) is 0 Å². The van der Waals surface area contributed by atoms with Crippen molar-refractivity contribution in [3.8, 4) is 0 Å². The molecule has 0 saturated carbocycles. The van der Waals surface area contributed by atoms with Gasteiger partial charge >= 0.3 is 0 Å². The molecule has 1 aliphatic heterocycles. The maximum atomic E-state index is 3.38. The number of piperazine rings is 1. The first-order chi connectivity index (χ1) is 7.24. The van der Waals surface area contributed by atoms with Gasteiger partial charge < -0.3 is 10.2 Å². The van der Waals surface area contributed by atoms with Crippen LogP contribution in [0.5, 0.6) is 0 Å². The average molecular weight is 213 g/mol. The molecule has 1 aliphatic rings. The number of hydrogen-bond acceptors (Lipinski definition) is 3. The predicted molar refractivity (Wildman–Crippen MR) is 66.3 cm³/mol.